The van der Waals surface area contributed by atoms with E-state index in [1.54, 1.807) is 18.4 Å². The van der Waals surface area contributed by atoms with Crippen molar-refractivity contribution in [3.63, 3.8) is 0 Å². The van der Waals surface area contributed by atoms with Gasteiger partial charge in [-0.15, -0.1) is 11.3 Å². The summed E-state index contributed by atoms with van der Waals surface area (Å²) >= 11 is 1.66. The molecule has 1 aromatic heterocycles. The lowest BCUT2D eigenvalue weighted by Gasteiger charge is -2.33. The fourth-order valence-electron chi connectivity index (χ4n) is 5.13. The maximum Gasteiger partial charge on any atom is 0.228 e. The summed E-state index contributed by atoms with van der Waals surface area (Å²) in [4.78, 5) is 32.2. The van der Waals surface area contributed by atoms with Crippen LogP contribution in [0.4, 0.5) is 5.69 Å². The first-order valence-corrected chi connectivity index (χ1v) is 12.4. The maximum absolute atomic E-state index is 12.9. The summed E-state index contributed by atoms with van der Waals surface area (Å²) in [6.45, 7) is 3.46. The second-order valence-electron chi connectivity index (χ2n) is 9.22. The molecule has 0 radical (unpaired) electrons. The van der Waals surface area contributed by atoms with Gasteiger partial charge in [0.2, 0.25) is 11.8 Å². The number of aromatic nitrogens is 1. The van der Waals surface area contributed by atoms with Gasteiger partial charge in [-0.3, -0.25) is 9.59 Å². The van der Waals surface area contributed by atoms with Gasteiger partial charge in [-0.05, 0) is 67.9 Å². The zero-order valence-corrected chi connectivity index (χ0v) is 19.9. The number of rotatable bonds is 6. The number of carbonyl (C=O) groups is 2. The van der Waals surface area contributed by atoms with Crippen molar-refractivity contribution in [3.8, 4) is 5.75 Å². The van der Waals surface area contributed by atoms with Crippen molar-refractivity contribution < 1.29 is 14.3 Å². The van der Waals surface area contributed by atoms with Crippen LogP contribution < -0.4 is 10.1 Å². The number of fused-ring (bicyclic) bond motifs is 1. The van der Waals surface area contributed by atoms with Gasteiger partial charge < -0.3 is 15.0 Å². The Morgan fingerprint density at radius 1 is 1.21 bits per heavy atom. The van der Waals surface area contributed by atoms with E-state index in [2.05, 4.69) is 10.3 Å². The van der Waals surface area contributed by atoms with Gasteiger partial charge in [-0.2, -0.15) is 0 Å². The van der Waals surface area contributed by atoms with E-state index in [4.69, 9.17) is 4.74 Å². The molecule has 33 heavy (non-hydrogen) atoms. The first kappa shape index (κ1) is 21.9. The largest absolute Gasteiger partial charge is 0.496 e. The number of ether oxygens (including phenoxy) is 1. The van der Waals surface area contributed by atoms with Crippen molar-refractivity contribution in [3.05, 3.63) is 53.0 Å². The Balaban J connectivity index is 1.12. The van der Waals surface area contributed by atoms with Crippen molar-refractivity contribution in [2.24, 2.45) is 11.3 Å². The molecule has 1 saturated carbocycles. The van der Waals surface area contributed by atoms with E-state index in [1.165, 1.54) is 0 Å². The highest BCUT2D eigenvalue weighted by Crippen LogP contribution is 2.59. The number of methoxy groups -OCH3 is 1. The number of amides is 2. The van der Waals surface area contributed by atoms with Gasteiger partial charge in [0.1, 0.15) is 5.75 Å². The SMILES string of the molecule is COc1ccccc1CCC(=O)N1CCC2(CC1)CC2C(=O)Nc1ccc2sc(C)nc2c1. The molecule has 1 spiro atoms. The van der Waals surface area contributed by atoms with Crippen molar-refractivity contribution >= 4 is 39.1 Å². The molecule has 2 aromatic carbocycles. The van der Waals surface area contributed by atoms with Gasteiger partial charge in [0.15, 0.2) is 0 Å². The number of thiazole rings is 1. The van der Waals surface area contributed by atoms with Crippen LogP contribution in [-0.4, -0.2) is 41.9 Å². The number of para-hydroxylation sites is 1. The lowest BCUT2D eigenvalue weighted by molar-refractivity contribution is -0.132. The Morgan fingerprint density at radius 2 is 2.00 bits per heavy atom. The second kappa shape index (κ2) is 8.78. The smallest absolute Gasteiger partial charge is 0.228 e. The number of anilines is 1. The van der Waals surface area contributed by atoms with Gasteiger partial charge in [0, 0.05) is 31.1 Å². The summed E-state index contributed by atoms with van der Waals surface area (Å²) in [5.74, 6) is 1.15. The molecule has 1 atom stereocenters. The van der Waals surface area contributed by atoms with Crippen LogP contribution in [0.3, 0.4) is 0 Å². The zero-order chi connectivity index (χ0) is 23.0. The fourth-order valence-corrected chi connectivity index (χ4v) is 5.94. The Bertz CT molecular complexity index is 1200. The number of hydrogen-bond acceptors (Lipinski definition) is 5. The van der Waals surface area contributed by atoms with E-state index in [9.17, 15) is 9.59 Å². The number of nitrogens with zero attached hydrogens (tertiary/aromatic N) is 2. The number of piperidine rings is 1. The number of likely N-dealkylation sites (tertiary alicyclic amines) is 1. The minimum Gasteiger partial charge on any atom is -0.496 e. The molecule has 5 rings (SSSR count). The summed E-state index contributed by atoms with van der Waals surface area (Å²) in [5.41, 5.74) is 2.86. The first-order valence-electron chi connectivity index (χ1n) is 11.6. The molecule has 0 bridgehead atoms. The van der Waals surface area contributed by atoms with Crippen LogP contribution in [0.5, 0.6) is 5.75 Å². The maximum atomic E-state index is 12.9. The molecule has 2 heterocycles. The average Bonchev–Trinajstić information content (AvgIpc) is 3.39. The standard InChI is InChI=1S/C26H29N3O3S/c1-17-27-21-15-19(8-9-23(21)33-17)28-25(31)20-16-26(20)11-13-29(14-12-26)24(30)10-7-18-5-3-4-6-22(18)32-2/h3-6,8-9,15,20H,7,10-14,16H2,1-2H3,(H,28,31). The molecule has 2 aliphatic rings. The van der Waals surface area contributed by atoms with E-state index in [1.807, 2.05) is 54.3 Å². The quantitative estimate of drug-likeness (QED) is 0.569. The van der Waals surface area contributed by atoms with E-state index in [0.717, 1.165) is 64.6 Å². The third kappa shape index (κ3) is 4.47. The molecule has 2 amide bonds. The van der Waals surface area contributed by atoms with Gasteiger partial charge in [0.05, 0.1) is 22.3 Å². The predicted molar refractivity (Wildman–Crippen MR) is 131 cm³/mol. The molecular formula is C26H29N3O3S. The third-order valence-corrected chi connectivity index (χ3v) is 8.13. The van der Waals surface area contributed by atoms with E-state index >= 15 is 0 Å². The molecule has 1 N–H and O–H groups in total. The Hall–Kier alpha value is -2.93. The van der Waals surface area contributed by atoms with E-state index in [0.29, 0.717) is 12.8 Å². The Labute approximate surface area is 198 Å². The van der Waals surface area contributed by atoms with E-state index in [-0.39, 0.29) is 23.1 Å². The molecular weight excluding hydrogens is 434 g/mol. The highest BCUT2D eigenvalue weighted by atomic mass is 32.1. The number of nitrogens with one attached hydrogen (secondary N) is 1. The molecule has 3 aromatic rings. The third-order valence-electron chi connectivity index (χ3n) is 7.18. The Morgan fingerprint density at radius 3 is 2.79 bits per heavy atom. The lowest BCUT2D eigenvalue weighted by Crippen LogP contribution is -2.40. The van der Waals surface area contributed by atoms with Crippen LogP contribution in [0.25, 0.3) is 10.2 Å². The van der Waals surface area contributed by atoms with Gasteiger partial charge in [-0.1, -0.05) is 18.2 Å². The van der Waals surface area contributed by atoms with Gasteiger partial charge in [0.25, 0.3) is 0 Å². The predicted octanol–water partition coefficient (Wildman–Crippen LogP) is 4.81. The minimum atomic E-state index is 0.0381. The summed E-state index contributed by atoms with van der Waals surface area (Å²) in [5, 5.41) is 4.12. The molecule has 7 heteroatoms. The topological polar surface area (TPSA) is 71.5 Å². The highest BCUT2D eigenvalue weighted by Gasteiger charge is 2.58. The highest BCUT2D eigenvalue weighted by molar-refractivity contribution is 7.18. The summed E-state index contributed by atoms with van der Waals surface area (Å²) in [6.07, 6.45) is 3.87. The van der Waals surface area contributed by atoms with Crippen LogP contribution in [0, 0.1) is 18.3 Å². The number of hydrogen-bond donors (Lipinski definition) is 1. The van der Waals surface area contributed by atoms with Crippen LogP contribution in [0.1, 0.15) is 36.3 Å². The Kier molecular flexibility index (Phi) is 5.83. The molecule has 1 unspecified atom stereocenters. The van der Waals surface area contributed by atoms with Gasteiger partial charge in [-0.25, -0.2) is 4.98 Å². The fraction of sp³-hybridized carbons (Fsp3) is 0.423. The van der Waals surface area contributed by atoms with Crippen LogP contribution in [0.2, 0.25) is 0 Å². The first-order chi connectivity index (χ1) is 16.0. The molecule has 172 valence electrons. The van der Waals surface area contributed by atoms with Crippen molar-refractivity contribution in [1.29, 1.82) is 0 Å². The van der Waals surface area contributed by atoms with Crippen molar-refractivity contribution in [2.45, 2.75) is 39.0 Å². The molecule has 1 aliphatic heterocycles. The normalized spacial score (nSPS) is 19.0. The van der Waals surface area contributed by atoms with Crippen LogP contribution >= 0.6 is 11.3 Å². The second-order valence-corrected chi connectivity index (χ2v) is 10.5. The number of benzene rings is 2. The van der Waals surface area contributed by atoms with E-state index < -0.39 is 0 Å². The minimum absolute atomic E-state index is 0.0381. The molecule has 1 aliphatic carbocycles. The number of carbonyl (C=O) groups excluding carboxylic acids is 2. The van der Waals surface area contributed by atoms with Crippen molar-refractivity contribution in [1.82, 2.24) is 9.88 Å². The summed E-state index contributed by atoms with van der Waals surface area (Å²) in [6, 6.07) is 13.8. The zero-order valence-electron chi connectivity index (χ0n) is 19.1. The monoisotopic (exact) mass is 463 g/mol. The average molecular weight is 464 g/mol. The molecule has 6 nitrogen and oxygen atoms in total. The van der Waals surface area contributed by atoms with Crippen molar-refractivity contribution in [2.75, 3.05) is 25.5 Å². The summed E-state index contributed by atoms with van der Waals surface area (Å²) in [7, 11) is 1.66. The number of aryl methyl sites for hydroxylation is 2. The van der Waals surface area contributed by atoms with Crippen LogP contribution in [-0.2, 0) is 16.0 Å². The van der Waals surface area contributed by atoms with Gasteiger partial charge >= 0.3 is 0 Å². The molecule has 2 fully saturated rings. The molecule has 1 saturated heterocycles. The lowest BCUT2D eigenvalue weighted by atomic mass is 9.90. The van der Waals surface area contributed by atoms with Crippen LogP contribution in [0.15, 0.2) is 42.5 Å². The summed E-state index contributed by atoms with van der Waals surface area (Å²) < 4.78 is 6.53.